The summed E-state index contributed by atoms with van der Waals surface area (Å²) in [5, 5.41) is 13.4. The lowest BCUT2D eigenvalue weighted by Gasteiger charge is -2.12. The van der Waals surface area contributed by atoms with Gasteiger partial charge >= 0.3 is 0 Å². The molecule has 1 atom stereocenters. The van der Waals surface area contributed by atoms with Gasteiger partial charge in [0.1, 0.15) is 5.82 Å². The first-order valence-corrected chi connectivity index (χ1v) is 7.93. The maximum Gasteiger partial charge on any atom is 0.225 e. The summed E-state index contributed by atoms with van der Waals surface area (Å²) in [6, 6.07) is 8.25. The molecule has 22 heavy (non-hydrogen) atoms. The standard InChI is InChI=1S/C15H20N4O2S/c1-10-3-5-12(6-4-10)22-11(2)15-17-14(9-13(16)21)18-19(15)7-8-20/h3-6,11,20H,7-9H2,1-2H3,(H2,16,21). The molecule has 1 aromatic heterocycles. The number of primary amides is 1. The van der Waals surface area contributed by atoms with E-state index in [-0.39, 0.29) is 18.3 Å². The van der Waals surface area contributed by atoms with Crippen molar-refractivity contribution in [3.63, 3.8) is 0 Å². The van der Waals surface area contributed by atoms with Crippen molar-refractivity contribution < 1.29 is 9.90 Å². The fraction of sp³-hybridized carbons (Fsp3) is 0.400. The Morgan fingerprint density at radius 2 is 2.09 bits per heavy atom. The predicted octanol–water partition coefficient (Wildman–Crippen LogP) is 1.46. The van der Waals surface area contributed by atoms with Crippen LogP contribution >= 0.6 is 11.8 Å². The number of nitrogens with zero attached hydrogens (tertiary/aromatic N) is 3. The van der Waals surface area contributed by atoms with Gasteiger partial charge < -0.3 is 10.8 Å². The van der Waals surface area contributed by atoms with Gasteiger partial charge in [0.15, 0.2) is 5.82 Å². The molecule has 0 aliphatic rings. The number of thioether (sulfide) groups is 1. The van der Waals surface area contributed by atoms with Crippen LogP contribution in [0, 0.1) is 6.92 Å². The highest BCUT2D eigenvalue weighted by atomic mass is 32.2. The fourth-order valence-corrected chi connectivity index (χ4v) is 3.05. The number of hydrogen-bond acceptors (Lipinski definition) is 5. The van der Waals surface area contributed by atoms with E-state index in [1.165, 1.54) is 5.56 Å². The topological polar surface area (TPSA) is 94.0 Å². The van der Waals surface area contributed by atoms with Crippen LogP contribution in [0.25, 0.3) is 0 Å². The van der Waals surface area contributed by atoms with Gasteiger partial charge in [-0.25, -0.2) is 9.67 Å². The second-order valence-electron chi connectivity index (χ2n) is 5.05. The van der Waals surface area contributed by atoms with E-state index in [0.29, 0.717) is 12.4 Å². The highest BCUT2D eigenvalue weighted by Crippen LogP contribution is 2.33. The van der Waals surface area contributed by atoms with E-state index >= 15 is 0 Å². The summed E-state index contributed by atoms with van der Waals surface area (Å²) >= 11 is 1.66. The van der Waals surface area contributed by atoms with Crippen LogP contribution in [-0.2, 0) is 17.8 Å². The Kier molecular flexibility index (Phi) is 5.57. The molecule has 6 nitrogen and oxygen atoms in total. The molecule has 0 bridgehead atoms. The summed E-state index contributed by atoms with van der Waals surface area (Å²) in [7, 11) is 0. The molecule has 0 aliphatic heterocycles. The molecule has 0 radical (unpaired) electrons. The molecule has 7 heteroatoms. The first-order chi connectivity index (χ1) is 10.5. The number of carbonyl (C=O) groups excluding carboxylic acids is 1. The zero-order chi connectivity index (χ0) is 16.1. The number of aromatic nitrogens is 3. The van der Waals surface area contributed by atoms with Gasteiger partial charge in [-0.1, -0.05) is 17.7 Å². The molecule has 1 amide bonds. The van der Waals surface area contributed by atoms with Crippen molar-refractivity contribution >= 4 is 17.7 Å². The van der Waals surface area contributed by atoms with Crippen LogP contribution in [0.2, 0.25) is 0 Å². The molecule has 0 fully saturated rings. The number of hydrogen-bond donors (Lipinski definition) is 2. The Labute approximate surface area is 133 Å². The van der Waals surface area contributed by atoms with Gasteiger partial charge in [0, 0.05) is 4.90 Å². The largest absolute Gasteiger partial charge is 0.394 e. The van der Waals surface area contributed by atoms with Crippen molar-refractivity contribution in [1.82, 2.24) is 14.8 Å². The van der Waals surface area contributed by atoms with Gasteiger partial charge in [-0.2, -0.15) is 5.10 Å². The Balaban J connectivity index is 2.19. The van der Waals surface area contributed by atoms with E-state index in [9.17, 15) is 4.79 Å². The van der Waals surface area contributed by atoms with Crippen molar-refractivity contribution in [3.05, 3.63) is 41.5 Å². The first-order valence-electron chi connectivity index (χ1n) is 7.05. The minimum atomic E-state index is -0.466. The number of aliphatic hydroxyl groups is 1. The number of aryl methyl sites for hydroxylation is 1. The molecule has 1 unspecified atom stereocenters. The summed E-state index contributed by atoms with van der Waals surface area (Å²) in [6.45, 7) is 4.39. The van der Waals surface area contributed by atoms with Crippen molar-refractivity contribution in [1.29, 1.82) is 0 Å². The third-order valence-corrected chi connectivity index (χ3v) is 4.19. The number of rotatable bonds is 7. The van der Waals surface area contributed by atoms with Crippen LogP contribution in [0.3, 0.4) is 0 Å². The van der Waals surface area contributed by atoms with Gasteiger partial charge in [0.2, 0.25) is 5.91 Å². The summed E-state index contributed by atoms with van der Waals surface area (Å²) in [6.07, 6.45) is 0.00729. The monoisotopic (exact) mass is 320 g/mol. The Morgan fingerprint density at radius 3 is 2.68 bits per heavy atom. The molecule has 0 spiro atoms. The van der Waals surface area contributed by atoms with E-state index in [2.05, 4.69) is 34.3 Å². The number of aliphatic hydroxyl groups excluding tert-OH is 1. The molecule has 2 rings (SSSR count). The van der Waals surface area contributed by atoms with Crippen LogP contribution in [0.15, 0.2) is 29.2 Å². The zero-order valence-electron chi connectivity index (χ0n) is 12.7. The lowest BCUT2D eigenvalue weighted by molar-refractivity contribution is -0.117. The second kappa shape index (κ2) is 7.42. The van der Waals surface area contributed by atoms with Crippen molar-refractivity contribution in [2.45, 2.75) is 37.0 Å². The maximum atomic E-state index is 11.0. The molecule has 3 N–H and O–H groups in total. The lowest BCUT2D eigenvalue weighted by Crippen LogP contribution is -2.15. The summed E-state index contributed by atoms with van der Waals surface area (Å²) < 4.78 is 1.64. The van der Waals surface area contributed by atoms with Crippen LogP contribution in [0.1, 0.15) is 29.4 Å². The van der Waals surface area contributed by atoms with E-state index in [1.807, 2.05) is 13.8 Å². The van der Waals surface area contributed by atoms with Gasteiger partial charge in [0.25, 0.3) is 0 Å². The highest BCUT2D eigenvalue weighted by Gasteiger charge is 2.18. The molecule has 1 aromatic carbocycles. The van der Waals surface area contributed by atoms with Crippen molar-refractivity contribution in [2.24, 2.45) is 5.73 Å². The first kappa shape index (κ1) is 16.5. The highest BCUT2D eigenvalue weighted by molar-refractivity contribution is 7.99. The smallest absolute Gasteiger partial charge is 0.225 e. The van der Waals surface area contributed by atoms with E-state index in [4.69, 9.17) is 10.8 Å². The average Bonchev–Trinajstić information content (AvgIpc) is 2.84. The maximum absolute atomic E-state index is 11.0. The Hall–Kier alpha value is -1.86. The summed E-state index contributed by atoms with van der Waals surface area (Å²) in [4.78, 5) is 16.6. The van der Waals surface area contributed by atoms with Crippen molar-refractivity contribution in [3.8, 4) is 0 Å². The molecule has 1 heterocycles. The molecular formula is C15H20N4O2S. The van der Waals surface area contributed by atoms with Gasteiger partial charge in [-0.3, -0.25) is 4.79 Å². The number of carbonyl (C=O) groups is 1. The minimum absolute atomic E-state index is 0.00729. The number of benzene rings is 1. The molecule has 0 saturated carbocycles. The fourth-order valence-electron chi connectivity index (χ4n) is 2.07. The molecule has 0 aliphatic carbocycles. The van der Waals surface area contributed by atoms with Gasteiger partial charge in [-0.15, -0.1) is 11.8 Å². The summed E-state index contributed by atoms with van der Waals surface area (Å²) in [5.41, 5.74) is 6.40. The Morgan fingerprint density at radius 1 is 1.41 bits per heavy atom. The minimum Gasteiger partial charge on any atom is -0.394 e. The van der Waals surface area contributed by atoms with E-state index in [1.54, 1.807) is 16.4 Å². The van der Waals surface area contributed by atoms with Gasteiger partial charge in [0.05, 0.1) is 24.8 Å². The van der Waals surface area contributed by atoms with E-state index < -0.39 is 5.91 Å². The normalized spacial score (nSPS) is 12.3. The SMILES string of the molecule is Cc1ccc(SC(C)c2nc(CC(N)=O)nn2CCO)cc1. The van der Waals surface area contributed by atoms with Gasteiger partial charge in [-0.05, 0) is 26.0 Å². The molecule has 2 aromatic rings. The molecule has 0 saturated heterocycles. The molecule has 118 valence electrons. The second-order valence-corrected chi connectivity index (χ2v) is 6.46. The Bertz CT molecular complexity index is 639. The van der Waals surface area contributed by atoms with E-state index in [0.717, 1.165) is 10.7 Å². The quantitative estimate of drug-likeness (QED) is 0.753. The number of nitrogens with two attached hydrogens (primary N) is 1. The van der Waals surface area contributed by atoms with Crippen LogP contribution < -0.4 is 5.73 Å². The van der Waals surface area contributed by atoms with Crippen LogP contribution in [0.4, 0.5) is 0 Å². The lowest BCUT2D eigenvalue weighted by atomic mass is 10.2. The van der Waals surface area contributed by atoms with Crippen LogP contribution in [0.5, 0.6) is 0 Å². The zero-order valence-corrected chi connectivity index (χ0v) is 13.5. The third kappa shape index (κ3) is 4.32. The third-order valence-electron chi connectivity index (χ3n) is 3.09. The molecular weight excluding hydrogens is 300 g/mol. The summed E-state index contributed by atoms with van der Waals surface area (Å²) in [5.74, 6) is 0.662. The number of amides is 1. The van der Waals surface area contributed by atoms with Crippen molar-refractivity contribution in [2.75, 3.05) is 6.61 Å². The predicted molar refractivity (Wildman–Crippen MR) is 85.5 cm³/mol. The van der Waals surface area contributed by atoms with Crippen LogP contribution in [-0.4, -0.2) is 32.4 Å². The average molecular weight is 320 g/mol.